The first-order valence-electron chi connectivity index (χ1n) is 7.30. The van der Waals surface area contributed by atoms with E-state index in [1.165, 1.54) is 41.7 Å². The third-order valence-corrected chi connectivity index (χ3v) is 9.70. The number of rotatable bonds is 4. The van der Waals surface area contributed by atoms with Gasteiger partial charge in [0.2, 0.25) is 0 Å². The molecule has 4 rings (SSSR count). The van der Waals surface area contributed by atoms with Crippen molar-refractivity contribution in [2.24, 2.45) is 0 Å². The molecule has 0 aromatic carbocycles. The SMILES string of the molecule is Clc1cc(Cl)n([Si](n2nc(Cl)cc2Cl)(n2nc(Cl)cc2Cl)n2nc(Cl)cc2Cl)n1. The summed E-state index contributed by atoms with van der Waals surface area (Å²) in [6.07, 6.45) is 0. The number of halogens is 8. The maximum absolute atomic E-state index is 6.46. The van der Waals surface area contributed by atoms with Crippen molar-refractivity contribution in [2.75, 3.05) is 0 Å². The van der Waals surface area contributed by atoms with Crippen LogP contribution in [-0.2, 0) is 0 Å². The first-order chi connectivity index (χ1) is 13.6. The van der Waals surface area contributed by atoms with Crippen molar-refractivity contribution in [3.8, 4) is 0 Å². The van der Waals surface area contributed by atoms with Gasteiger partial charge in [0.25, 0.3) is 0 Å². The van der Waals surface area contributed by atoms with Crippen molar-refractivity contribution in [1.29, 1.82) is 0 Å². The first kappa shape index (κ1) is 21.6. The predicted octanol–water partition coefficient (Wildman–Crippen LogP) is 5.63. The van der Waals surface area contributed by atoms with Gasteiger partial charge in [-0.05, 0) is 0 Å². The number of aromatic nitrogens is 8. The molecule has 0 saturated carbocycles. The van der Waals surface area contributed by atoms with Gasteiger partial charge in [-0.3, -0.25) is 0 Å². The second-order valence-corrected chi connectivity index (χ2v) is 11.4. The van der Waals surface area contributed by atoms with Crippen LogP contribution in [0.25, 0.3) is 0 Å². The van der Waals surface area contributed by atoms with E-state index in [1.807, 2.05) is 0 Å². The highest BCUT2D eigenvalue weighted by molar-refractivity contribution is 6.76. The lowest BCUT2D eigenvalue weighted by Gasteiger charge is -2.31. The van der Waals surface area contributed by atoms with E-state index in [1.54, 1.807) is 0 Å². The highest BCUT2D eigenvalue weighted by Crippen LogP contribution is 2.32. The molecular weight excluding hydrogens is 568 g/mol. The van der Waals surface area contributed by atoms with Gasteiger partial charge in [0, 0.05) is 24.3 Å². The Kier molecular flexibility index (Phi) is 5.82. The Morgan fingerprint density at radius 3 is 0.793 bits per heavy atom. The zero-order chi connectivity index (χ0) is 21.1. The Bertz CT molecular complexity index is 1030. The maximum atomic E-state index is 6.46. The van der Waals surface area contributed by atoms with Gasteiger partial charge in [-0.25, -0.2) is 17.4 Å². The monoisotopic (exact) mass is 568 g/mol. The molecule has 0 N–H and O–H groups in total. The summed E-state index contributed by atoms with van der Waals surface area (Å²) in [5, 5.41) is 17.8. The summed E-state index contributed by atoms with van der Waals surface area (Å²) in [4.78, 5) is 0. The van der Waals surface area contributed by atoms with Crippen LogP contribution >= 0.6 is 92.8 Å². The number of hydrogen-bond acceptors (Lipinski definition) is 4. The Hall–Kier alpha value is -0.623. The van der Waals surface area contributed by atoms with Crippen LogP contribution in [0.15, 0.2) is 24.3 Å². The molecule has 17 heteroatoms. The van der Waals surface area contributed by atoms with Gasteiger partial charge < -0.3 is 0 Å². The molecule has 0 aliphatic rings. The van der Waals surface area contributed by atoms with Crippen molar-refractivity contribution >= 4 is 102 Å². The largest absolute Gasteiger partial charge is 0.591 e. The van der Waals surface area contributed by atoms with Gasteiger partial charge in [0.15, 0.2) is 20.6 Å². The zero-order valence-corrected chi connectivity index (χ0v) is 20.5. The zero-order valence-electron chi connectivity index (χ0n) is 13.4. The molecule has 0 aliphatic heterocycles. The smallest absolute Gasteiger partial charge is 0.220 e. The number of hydrogen-bond donors (Lipinski definition) is 0. The molecule has 0 atom stereocenters. The van der Waals surface area contributed by atoms with E-state index in [-0.39, 0.29) is 41.2 Å². The molecule has 0 radical (unpaired) electrons. The molecule has 4 aromatic rings. The molecule has 0 bridgehead atoms. The van der Waals surface area contributed by atoms with E-state index in [9.17, 15) is 0 Å². The highest BCUT2D eigenvalue weighted by Gasteiger charge is 2.56. The van der Waals surface area contributed by atoms with E-state index in [0.717, 1.165) is 0 Å². The summed E-state index contributed by atoms with van der Waals surface area (Å²) >= 11 is 50.3. The van der Waals surface area contributed by atoms with Crippen LogP contribution in [0.4, 0.5) is 0 Å². The number of nitrogens with zero attached hydrogens (tertiary/aromatic N) is 8. The molecule has 0 unspecified atom stereocenters. The minimum Gasteiger partial charge on any atom is -0.220 e. The molecule has 0 saturated heterocycles. The Morgan fingerprint density at radius 2 is 0.655 bits per heavy atom. The standard InChI is InChI=1S/C12H4Cl8N8Si/c13-5-1-9(17)25(21-5)29(26-10(18)2-6(14)22-26,27-11(19)3-7(15)23-27)28-12(20)4-8(16)24-28/h1-4H. The molecule has 29 heavy (non-hydrogen) atoms. The van der Waals surface area contributed by atoms with Gasteiger partial charge in [0.05, 0.1) is 0 Å². The normalized spacial score (nSPS) is 12.1. The van der Waals surface area contributed by atoms with Crippen molar-refractivity contribution in [1.82, 2.24) is 37.8 Å². The molecular formula is C12H4Cl8N8Si. The lowest BCUT2D eigenvalue weighted by Crippen LogP contribution is -2.66. The summed E-state index contributed by atoms with van der Waals surface area (Å²) in [6, 6.07) is 5.62. The summed E-state index contributed by atoms with van der Waals surface area (Å²) in [6.45, 7) is 0. The van der Waals surface area contributed by atoms with Crippen molar-refractivity contribution in [3.63, 3.8) is 0 Å². The third kappa shape index (κ3) is 3.46. The summed E-state index contributed by atoms with van der Waals surface area (Å²) in [7, 11) is -4.04. The van der Waals surface area contributed by atoms with Crippen LogP contribution in [0.2, 0.25) is 41.2 Å². The Morgan fingerprint density at radius 1 is 0.448 bits per heavy atom. The minimum absolute atomic E-state index is 0.0741. The summed E-state index contributed by atoms with van der Waals surface area (Å²) in [5.41, 5.74) is 0. The molecule has 4 aromatic heterocycles. The average molecular weight is 572 g/mol. The van der Waals surface area contributed by atoms with E-state index in [4.69, 9.17) is 92.8 Å². The van der Waals surface area contributed by atoms with Crippen LogP contribution in [0.1, 0.15) is 0 Å². The van der Waals surface area contributed by atoms with Crippen LogP contribution < -0.4 is 0 Å². The van der Waals surface area contributed by atoms with E-state index in [0.29, 0.717) is 0 Å². The molecule has 8 nitrogen and oxygen atoms in total. The van der Waals surface area contributed by atoms with Crippen molar-refractivity contribution in [2.45, 2.75) is 0 Å². The average Bonchev–Trinajstić information content (AvgIpc) is 3.33. The summed E-state index contributed by atoms with van der Waals surface area (Å²) < 4.78 is 5.26. The lowest BCUT2D eigenvalue weighted by atomic mass is 10.7. The van der Waals surface area contributed by atoms with Gasteiger partial charge in [-0.2, -0.15) is 20.4 Å². The molecule has 0 fully saturated rings. The molecule has 0 aliphatic carbocycles. The molecule has 152 valence electrons. The van der Waals surface area contributed by atoms with Gasteiger partial charge >= 0.3 is 8.72 Å². The van der Waals surface area contributed by atoms with Crippen molar-refractivity contribution in [3.05, 3.63) is 65.5 Å². The predicted molar refractivity (Wildman–Crippen MR) is 116 cm³/mol. The summed E-state index contributed by atoms with van der Waals surface area (Å²) in [5.74, 6) is 0. The maximum Gasteiger partial charge on any atom is 0.591 e. The second kappa shape index (κ2) is 7.81. The quantitative estimate of drug-likeness (QED) is 0.298. The van der Waals surface area contributed by atoms with Crippen molar-refractivity contribution < 1.29 is 0 Å². The second-order valence-electron chi connectivity index (χ2n) is 5.41. The van der Waals surface area contributed by atoms with Gasteiger partial charge in [0.1, 0.15) is 20.6 Å². The first-order valence-corrected chi connectivity index (χ1v) is 12.1. The highest BCUT2D eigenvalue weighted by atomic mass is 35.5. The topological polar surface area (TPSA) is 71.3 Å². The fraction of sp³-hybridized carbons (Fsp3) is 0. The van der Waals surface area contributed by atoms with Gasteiger partial charge in [-0.1, -0.05) is 92.8 Å². The molecule has 0 spiro atoms. The third-order valence-electron chi connectivity index (χ3n) is 3.68. The van der Waals surface area contributed by atoms with E-state index < -0.39 is 8.72 Å². The van der Waals surface area contributed by atoms with Crippen LogP contribution in [0.5, 0.6) is 0 Å². The Balaban J connectivity index is 2.26. The fourth-order valence-electron chi connectivity index (χ4n) is 2.71. The minimum atomic E-state index is -4.04. The van der Waals surface area contributed by atoms with Crippen LogP contribution in [0, 0.1) is 0 Å². The van der Waals surface area contributed by atoms with E-state index in [2.05, 4.69) is 20.4 Å². The van der Waals surface area contributed by atoms with E-state index >= 15 is 0 Å². The molecule has 0 amide bonds. The Labute approximate surface area is 203 Å². The molecule has 4 heterocycles. The van der Waals surface area contributed by atoms with Crippen LogP contribution in [0.3, 0.4) is 0 Å². The van der Waals surface area contributed by atoms with Crippen LogP contribution in [-0.4, -0.2) is 46.5 Å². The fourth-order valence-corrected chi connectivity index (χ4v) is 9.27. The lowest BCUT2D eigenvalue weighted by molar-refractivity contribution is 0.657. The van der Waals surface area contributed by atoms with Gasteiger partial charge in [-0.15, -0.1) is 0 Å².